The number of hydrogen-bond acceptors (Lipinski definition) is 7. The standard InChI is InChI=1S/C21H24N4O4/c1-28-19-11-20(29-2)18(25(26)27)10-15(19)21-16-13-24(9-8-17(16)22-23-21)12-14-6-4-3-5-7-14/h3-7,10-11,16,21,23H,8-9,12-13H2,1-2H3. The zero-order valence-electron chi connectivity index (χ0n) is 16.5. The van der Waals surface area contributed by atoms with Gasteiger partial charge in [-0.05, 0) is 5.56 Å². The second-order valence-electron chi connectivity index (χ2n) is 7.31. The molecule has 2 heterocycles. The highest BCUT2D eigenvalue weighted by molar-refractivity contribution is 5.90. The number of hydrogen-bond donors (Lipinski definition) is 1. The van der Waals surface area contributed by atoms with E-state index in [1.165, 1.54) is 12.7 Å². The first kappa shape index (κ1) is 19.2. The van der Waals surface area contributed by atoms with E-state index >= 15 is 0 Å². The molecule has 0 amide bonds. The highest BCUT2D eigenvalue weighted by Crippen LogP contribution is 2.42. The van der Waals surface area contributed by atoms with E-state index in [1.54, 1.807) is 19.2 Å². The van der Waals surface area contributed by atoms with E-state index in [4.69, 9.17) is 9.47 Å². The quantitative estimate of drug-likeness (QED) is 0.596. The normalized spacial score (nSPS) is 21.1. The molecule has 152 valence electrons. The SMILES string of the molecule is COc1cc(OC)c([N+](=O)[O-])cc1C1NN=C2CCN(Cc3ccccc3)CC21. The molecule has 8 heteroatoms. The first-order valence-corrected chi connectivity index (χ1v) is 9.59. The van der Waals surface area contributed by atoms with Crippen molar-refractivity contribution in [3.05, 3.63) is 63.7 Å². The van der Waals surface area contributed by atoms with Crippen molar-refractivity contribution in [3.8, 4) is 11.5 Å². The van der Waals surface area contributed by atoms with Gasteiger partial charge >= 0.3 is 5.69 Å². The van der Waals surface area contributed by atoms with Gasteiger partial charge in [0.1, 0.15) is 5.75 Å². The van der Waals surface area contributed by atoms with Crippen LogP contribution in [0.3, 0.4) is 0 Å². The largest absolute Gasteiger partial charge is 0.496 e. The number of piperidine rings is 1. The van der Waals surface area contributed by atoms with Crippen LogP contribution >= 0.6 is 0 Å². The molecule has 0 aromatic heterocycles. The van der Waals surface area contributed by atoms with Crippen LogP contribution in [0.25, 0.3) is 0 Å². The van der Waals surface area contributed by atoms with E-state index in [0.717, 1.165) is 37.3 Å². The van der Waals surface area contributed by atoms with Crippen molar-refractivity contribution in [3.63, 3.8) is 0 Å². The maximum absolute atomic E-state index is 11.5. The van der Waals surface area contributed by atoms with Crippen LogP contribution in [-0.2, 0) is 6.54 Å². The molecule has 2 unspecified atom stereocenters. The molecule has 2 aliphatic rings. The molecule has 1 fully saturated rings. The molecule has 2 aliphatic heterocycles. The van der Waals surface area contributed by atoms with Gasteiger partial charge in [0.15, 0.2) is 0 Å². The maximum Gasteiger partial charge on any atom is 0.311 e. The fraction of sp³-hybridized carbons (Fsp3) is 0.381. The molecule has 29 heavy (non-hydrogen) atoms. The molecule has 0 spiro atoms. The molecular weight excluding hydrogens is 372 g/mol. The molecule has 4 rings (SSSR count). The van der Waals surface area contributed by atoms with Crippen LogP contribution < -0.4 is 14.9 Å². The number of fused-ring (bicyclic) bond motifs is 1. The zero-order chi connectivity index (χ0) is 20.4. The van der Waals surface area contributed by atoms with Crippen LogP contribution in [0.2, 0.25) is 0 Å². The Bertz CT molecular complexity index is 932. The predicted octanol–water partition coefficient (Wildman–Crippen LogP) is 3.13. The van der Waals surface area contributed by atoms with Crippen LogP contribution in [0.5, 0.6) is 11.5 Å². The Morgan fingerprint density at radius 2 is 1.97 bits per heavy atom. The van der Waals surface area contributed by atoms with Gasteiger partial charge in [-0.2, -0.15) is 5.10 Å². The monoisotopic (exact) mass is 396 g/mol. The van der Waals surface area contributed by atoms with Crippen LogP contribution in [0.15, 0.2) is 47.6 Å². The molecule has 0 saturated carbocycles. The number of rotatable bonds is 6. The van der Waals surface area contributed by atoms with Crippen molar-refractivity contribution in [2.24, 2.45) is 11.0 Å². The molecule has 0 radical (unpaired) electrons. The highest BCUT2D eigenvalue weighted by Gasteiger charge is 2.39. The molecule has 2 aromatic carbocycles. The lowest BCUT2D eigenvalue weighted by molar-refractivity contribution is -0.385. The summed E-state index contributed by atoms with van der Waals surface area (Å²) < 4.78 is 10.7. The van der Waals surface area contributed by atoms with E-state index in [-0.39, 0.29) is 23.4 Å². The fourth-order valence-corrected chi connectivity index (χ4v) is 4.18. The molecule has 2 atom stereocenters. The summed E-state index contributed by atoms with van der Waals surface area (Å²) in [6.45, 7) is 2.64. The van der Waals surface area contributed by atoms with Crippen molar-refractivity contribution in [2.45, 2.75) is 19.0 Å². The van der Waals surface area contributed by atoms with Gasteiger partial charge in [-0.1, -0.05) is 30.3 Å². The first-order valence-electron chi connectivity index (χ1n) is 9.59. The summed E-state index contributed by atoms with van der Waals surface area (Å²) in [7, 11) is 2.97. The van der Waals surface area contributed by atoms with Gasteiger partial charge in [-0.3, -0.25) is 15.0 Å². The second-order valence-corrected chi connectivity index (χ2v) is 7.31. The Kier molecular flexibility index (Phi) is 5.35. The first-order chi connectivity index (χ1) is 14.1. The number of nitrogens with one attached hydrogen (secondary N) is 1. The molecule has 0 aliphatic carbocycles. The molecule has 2 aromatic rings. The van der Waals surface area contributed by atoms with Gasteiger partial charge in [0, 0.05) is 55.4 Å². The van der Waals surface area contributed by atoms with Gasteiger partial charge in [0.05, 0.1) is 25.2 Å². The number of likely N-dealkylation sites (tertiary alicyclic amines) is 1. The van der Waals surface area contributed by atoms with E-state index < -0.39 is 4.92 Å². The third kappa shape index (κ3) is 3.75. The van der Waals surface area contributed by atoms with E-state index in [2.05, 4.69) is 27.6 Å². The van der Waals surface area contributed by atoms with Crippen LogP contribution in [0.4, 0.5) is 5.69 Å². The van der Waals surface area contributed by atoms with Crippen molar-refractivity contribution < 1.29 is 14.4 Å². The van der Waals surface area contributed by atoms with Gasteiger partial charge in [0.25, 0.3) is 0 Å². The Labute approximate surface area is 169 Å². The van der Waals surface area contributed by atoms with Crippen molar-refractivity contribution in [1.82, 2.24) is 10.3 Å². The lowest BCUT2D eigenvalue weighted by Gasteiger charge is -2.34. The topological polar surface area (TPSA) is 89.2 Å². The summed E-state index contributed by atoms with van der Waals surface area (Å²) in [5.41, 5.74) is 6.23. The Hall–Kier alpha value is -3.13. The van der Waals surface area contributed by atoms with Crippen molar-refractivity contribution in [2.75, 3.05) is 27.3 Å². The minimum absolute atomic E-state index is 0.0736. The molecule has 8 nitrogen and oxygen atoms in total. The molecule has 0 bridgehead atoms. The highest BCUT2D eigenvalue weighted by atomic mass is 16.6. The minimum Gasteiger partial charge on any atom is -0.496 e. The second kappa shape index (κ2) is 8.08. The Morgan fingerprint density at radius 3 is 2.66 bits per heavy atom. The van der Waals surface area contributed by atoms with Crippen LogP contribution in [0, 0.1) is 16.0 Å². The van der Waals surface area contributed by atoms with Crippen LogP contribution in [0.1, 0.15) is 23.6 Å². The Balaban J connectivity index is 1.61. The molecular formula is C21H24N4O4. The lowest BCUT2D eigenvalue weighted by atomic mass is 9.85. The average molecular weight is 396 g/mol. The third-order valence-electron chi connectivity index (χ3n) is 5.63. The van der Waals surface area contributed by atoms with Crippen molar-refractivity contribution in [1.29, 1.82) is 0 Å². The number of hydrazone groups is 1. The lowest BCUT2D eigenvalue weighted by Crippen LogP contribution is -2.41. The van der Waals surface area contributed by atoms with Gasteiger partial charge in [-0.15, -0.1) is 0 Å². The summed E-state index contributed by atoms with van der Waals surface area (Å²) in [5.74, 6) is 0.875. The zero-order valence-corrected chi connectivity index (χ0v) is 16.5. The van der Waals surface area contributed by atoms with Gasteiger partial charge < -0.3 is 14.9 Å². The number of nitro groups is 1. The minimum atomic E-state index is -0.429. The van der Waals surface area contributed by atoms with E-state index in [1.807, 2.05) is 18.2 Å². The predicted molar refractivity (Wildman–Crippen MR) is 109 cm³/mol. The molecule has 1 saturated heterocycles. The van der Waals surface area contributed by atoms with E-state index in [0.29, 0.717) is 5.75 Å². The van der Waals surface area contributed by atoms with Gasteiger partial charge in [-0.25, -0.2) is 0 Å². The summed E-state index contributed by atoms with van der Waals surface area (Å²) >= 11 is 0. The molecule has 1 N–H and O–H groups in total. The average Bonchev–Trinajstić information content (AvgIpc) is 3.16. The fourth-order valence-electron chi connectivity index (χ4n) is 4.18. The number of methoxy groups -OCH3 is 2. The smallest absolute Gasteiger partial charge is 0.311 e. The summed E-state index contributed by atoms with van der Waals surface area (Å²) in [6, 6.07) is 13.3. The summed E-state index contributed by atoms with van der Waals surface area (Å²) in [6.07, 6.45) is 0.877. The van der Waals surface area contributed by atoms with Gasteiger partial charge in [0.2, 0.25) is 5.75 Å². The van der Waals surface area contributed by atoms with E-state index in [9.17, 15) is 10.1 Å². The third-order valence-corrected chi connectivity index (χ3v) is 5.63. The van der Waals surface area contributed by atoms with Crippen molar-refractivity contribution >= 4 is 11.4 Å². The summed E-state index contributed by atoms with van der Waals surface area (Å²) in [4.78, 5) is 13.5. The summed E-state index contributed by atoms with van der Waals surface area (Å²) in [5, 5.41) is 16.0. The number of nitro benzene ring substituents is 1. The van der Waals surface area contributed by atoms with Crippen LogP contribution in [-0.4, -0.2) is 42.8 Å². The number of ether oxygens (including phenoxy) is 2. The number of benzene rings is 2. The maximum atomic E-state index is 11.5. The number of nitrogens with zero attached hydrogens (tertiary/aromatic N) is 3. The Morgan fingerprint density at radius 1 is 1.21 bits per heavy atom.